The van der Waals surface area contributed by atoms with Crippen molar-refractivity contribution in [1.29, 1.82) is 0 Å². The lowest BCUT2D eigenvalue weighted by molar-refractivity contribution is -0.137. The molecule has 0 spiro atoms. The molecule has 20 heavy (non-hydrogen) atoms. The minimum Gasteiger partial charge on any atom is -0.361 e. The maximum Gasteiger partial charge on any atom is 0.309 e. The third-order valence-electron chi connectivity index (χ3n) is 3.09. The van der Waals surface area contributed by atoms with Gasteiger partial charge in [0, 0.05) is 12.5 Å². The van der Waals surface area contributed by atoms with Crippen molar-refractivity contribution in [1.82, 2.24) is 5.32 Å². The second kappa shape index (κ2) is 6.52. The number of nitrogens with one attached hydrogen (secondary N) is 1. The Kier molecular flexibility index (Phi) is 4.50. The van der Waals surface area contributed by atoms with E-state index in [1.165, 1.54) is 0 Å². The predicted molar refractivity (Wildman–Crippen MR) is 76.9 cm³/mol. The molecular weight excluding hydrogens is 252 g/mol. The molecule has 2 rings (SSSR count). The van der Waals surface area contributed by atoms with Crippen LogP contribution in [0.3, 0.4) is 0 Å². The van der Waals surface area contributed by atoms with Gasteiger partial charge >= 0.3 is 11.8 Å². The maximum atomic E-state index is 11.3. The highest BCUT2D eigenvalue weighted by Gasteiger charge is 2.16. The summed E-state index contributed by atoms with van der Waals surface area (Å²) in [4.78, 5) is 22.1. The molecule has 102 valence electrons. The highest BCUT2D eigenvalue weighted by atomic mass is 16.2. The van der Waals surface area contributed by atoms with Gasteiger partial charge in [-0.2, -0.15) is 0 Å². The molecule has 0 aliphatic heterocycles. The van der Waals surface area contributed by atoms with Gasteiger partial charge in [-0.1, -0.05) is 60.7 Å². The SMILES string of the molecule is NC(=O)C(=O)NCC(c1ccccc1)c1ccccc1. The topological polar surface area (TPSA) is 72.2 Å². The van der Waals surface area contributed by atoms with Crippen molar-refractivity contribution in [2.75, 3.05) is 6.54 Å². The van der Waals surface area contributed by atoms with E-state index in [2.05, 4.69) is 5.32 Å². The summed E-state index contributed by atoms with van der Waals surface area (Å²) >= 11 is 0. The number of carbonyl (C=O) groups excluding carboxylic acids is 2. The Bertz CT molecular complexity index is 542. The van der Waals surface area contributed by atoms with Gasteiger partial charge in [-0.25, -0.2) is 0 Å². The summed E-state index contributed by atoms with van der Waals surface area (Å²) in [7, 11) is 0. The fourth-order valence-corrected chi connectivity index (χ4v) is 2.08. The lowest BCUT2D eigenvalue weighted by Crippen LogP contribution is -2.38. The molecule has 0 atom stereocenters. The van der Waals surface area contributed by atoms with Crippen LogP contribution in [0.15, 0.2) is 60.7 Å². The Labute approximate surface area is 117 Å². The Morgan fingerprint density at radius 2 is 1.35 bits per heavy atom. The van der Waals surface area contributed by atoms with Crippen LogP contribution < -0.4 is 11.1 Å². The predicted octanol–water partition coefficient (Wildman–Crippen LogP) is 1.42. The van der Waals surface area contributed by atoms with Crippen LogP contribution in [0.25, 0.3) is 0 Å². The standard InChI is InChI=1S/C16H16N2O2/c17-15(19)16(20)18-11-14(12-7-3-1-4-8-12)13-9-5-2-6-10-13/h1-10,14H,11H2,(H2,17,19)(H,18,20). The second-order valence-corrected chi connectivity index (χ2v) is 4.45. The van der Waals surface area contributed by atoms with E-state index >= 15 is 0 Å². The molecule has 0 aliphatic carbocycles. The van der Waals surface area contributed by atoms with Crippen molar-refractivity contribution < 1.29 is 9.59 Å². The van der Waals surface area contributed by atoms with Crippen molar-refractivity contribution >= 4 is 11.8 Å². The van der Waals surface area contributed by atoms with E-state index in [0.717, 1.165) is 11.1 Å². The Hall–Kier alpha value is -2.62. The lowest BCUT2D eigenvalue weighted by atomic mass is 9.91. The van der Waals surface area contributed by atoms with Crippen LogP contribution in [-0.2, 0) is 9.59 Å². The largest absolute Gasteiger partial charge is 0.361 e. The first-order valence-electron chi connectivity index (χ1n) is 6.36. The monoisotopic (exact) mass is 268 g/mol. The first kappa shape index (κ1) is 13.8. The zero-order valence-electron chi connectivity index (χ0n) is 11.0. The molecule has 2 amide bonds. The molecular formula is C16H16N2O2. The van der Waals surface area contributed by atoms with Crippen molar-refractivity contribution in [2.24, 2.45) is 5.73 Å². The Morgan fingerprint density at radius 1 is 0.900 bits per heavy atom. The van der Waals surface area contributed by atoms with E-state index in [0.29, 0.717) is 6.54 Å². The van der Waals surface area contributed by atoms with Crippen LogP contribution in [0.5, 0.6) is 0 Å². The quantitative estimate of drug-likeness (QED) is 0.823. The summed E-state index contributed by atoms with van der Waals surface area (Å²) in [6.45, 7) is 0.329. The highest BCUT2D eigenvalue weighted by molar-refractivity contribution is 6.34. The number of benzene rings is 2. The summed E-state index contributed by atoms with van der Waals surface area (Å²) in [5.41, 5.74) is 7.09. The number of nitrogens with two attached hydrogens (primary N) is 1. The van der Waals surface area contributed by atoms with Crippen LogP contribution in [0.1, 0.15) is 17.0 Å². The van der Waals surface area contributed by atoms with Gasteiger partial charge in [0.25, 0.3) is 0 Å². The molecule has 3 N–H and O–H groups in total. The summed E-state index contributed by atoms with van der Waals surface area (Å²) in [5.74, 6) is -1.74. The number of hydrogen-bond acceptors (Lipinski definition) is 2. The molecule has 0 heterocycles. The van der Waals surface area contributed by atoms with Crippen LogP contribution in [0.2, 0.25) is 0 Å². The van der Waals surface area contributed by atoms with E-state index in [-0.39, 0.29) is 5.92 Å². The van der Waals surface area contributed by atoms with E-state index in [1.54, 1.807) is 0 Å². The summed E-state index contributed by atoms with van der Waals surface area (Å²) in [6, 6.07) is 19.6. The number of rotatable bonds is 4. The third kappa shape index (κ3) is 3.45. The van der Waals surface area contributed by atoms with E-state index < -0.39 is 11.8 Å². The van der Waals surface area contributed by atoms with Gasteiger partial charge in [0.1, 0.15) is 0 Å². The molecule has 0 radical (unpaired) electrons. The van der Waals surface area contributed by atoms with Crippen LogP contribution in [-0.4, -0.2) is 18.4 Å². The van der Waals surface area contributed by atoms with Crippen LogP contribution in [0.4, 0.5) is 0 Å². The molecule has 0 saturated carbocycles. The number of hydrogen-bond donors (Lipinski definition) is 2. The summed E-state index contributed by atoms with van der Waals surface area (Å²) in [5, 5.41) is 2.57. The van der Waals surface area contributed by atoms with E-state index in [9.17, 15) is 9.59 Å². The van der Waals surface area contributed by atoms with Gasteiger partial charge in [-0.05, 0) is 11.1 Å². The third-order valence-corrected chi connectivity index (χ3v) is 3.09. The van der Waals surface area contributed by atoms with Gasteiger partial charge in [-0.3, -0.25) is 9.59 Å². The molecule has 0 saturated heterocycles. The smallest absolute Gasteiger partial charge is 0.309 e. The summed E-state index contributed by atoms with van der Waals surface area (Å²) in [6.07, 6.45) is 0. The Morgan fingerprint density at radius 3 is 1.75 bits per heavy atom. The van der Waals surface area contributed by atoms with Gasteiger partial charge in [0.15, 0.2) is 0 Å². The molecule has 2 aromatic rings. The number of carbonyl (C=O) groups is 2. The molecule has 0 aromatic heterocycles. The first-order valence-corrected chi connectivity index (χ1v) is 6.36. The van der Waals surface area contributed by atoms with Crippen molar-refractivity contribution in [3.63, 3.8) is 0 Å². The molecule has 0 unspecified atom stereocenters. The maximum absolute atomic E-state index is 11.3. The van der Waals surface area contributed by atoms with Crippen LogP contribution >= 0.6 is 0 Å². The zero-order valence-corrected chi connectivity index (χ0v) is 11.0. The number of primary amides is 1. The fraction of sp³-hybridized carbons (Fsp3) is 0.125. The normalized spacial score (nSPS) is 10.2. The van der Waals surface area contributed by atoms with Gasteiger partial charge in [-0.15, -0.1) is 0 Å². The number of amides is 2. The second-order valence-electron chi connectivity index (χ2n) is 4.45. The lowest BCUT2D eigenvalue weighted by Gasteiger charge is -2.18. The minimum absolute atomic E-state index is 0.0132. The average molecular weight is 268 g/mol. The molecule has 2 aromatic carbocycles. The van der Waals surface area contributed by atoms with Crippen molar-refractivity contribution in [2.45, 2.75) is 5.92 Å². The van der Waals surface area contributed by atoms with Gasteiger partial charge in [0.05, 0.1) is 0 Å². The summed E-state index contributed by atoms with van der Waals surface area (Å²) < 4.78 is 0. The Balaban J connectivity index is 2.22. The molecule has 4 nitrogen and oxygen atoms in total. The average Bonchev–Trinajstić information content (AvgIpc) is 2.49. The van der Waals surface area contributed by atoms with Crippen molar-refractivity contribution in [3.05, 3.63) is 71.8 Å². The van der Waals surface area contributed by atoms with Gasteiger partial charge < -0.3 is 11.1 Å². The molecule has 4 heteroatoms. The fourth-order valence-electron chi connectivity index (χ4n) is 2.08. The van der Waals surface area contributed by atoms with E-state index in [1.807, 2.05) is 60.7 Å². The first-order chi connectivity index (χ1) is 9.68. The molecule has 0 aliphatic rings. The van der Waals surface area contributed by atoms with Gasteiger partial charge in [0.2, 0.25) is 0 Å². The van der Waals surface area contributed by atoms with E-state index in [4.69, 9.17) is 5.73 Å². The molecule has 0 fully saturated rings. The molecule has 0 bridgehead atoms. The minimum atomic E-state index is -0.968. The zero-order chi connectivity index (χ0) is 14.4. The van der Waals surface area contributed by atoms with Crippen molar-refractivity contribution in [3.8, 4) is 0 Å². The highest BCUT2D eigenvalue weighted by Crippen LogP contribution is 2.23. The van der Waals surface area contributed by atoms with Crippen LogP contribution in [0, 0.1) is 0 Å².